The summed E-state index contributed by atoms with van der Waals surface area (Å²) in [7, 11) is -4.43. The highest BCUT2D eigenvalue weighted by Crippen LogP contribution is 2.39. The Balaban J connectivity index is 0.000000278. The molecule has 0 spiro atoms. The van der Waals surface area contributed by atoms with Crippen LogP contribution in [0.3, 0.4) is 0 Å². The molecular weight excluding hydrogens is 607 g/mol. The first-order chi connectivity index (χ1) is 18.8. The van der Waals surface area contributed by atoms with E-state index in [1.54, 1.807) is 18.2 Å². The lowest BCUT2D eigenvalue weighted by atomic mass is 9.93. The molecule has 4 aromatic carbocycles. The zero-order chi connectivity index (χ0) is 30.8. The van der Waals surface area contributed by atoms with Crippen molar-refractivity contribution in [2.24, 2.45) is 0 Å². The molecule has 3 nitrogen and oxygen atoms in total. The first-order valence-corrected chi connectivity index (χ1v) is 13.0. The van der Waals surface area contributed by atoms with Gasteiger partial charge in [-0.25, -0.2) is 0 Å². The third kappa shape index (κ3) is 8.27. The van der Waals surface area contributed by atoms with Gasteiger partial charge in [0, 0.05) is 10.5 Å². The molecule has 0 aromatic heterocycles. The smallest absolute Gasteiger partial charge is 0.282 e. The van der Waals surface area contributed by atoms with Crippen molar-refractivity contribution in [1.29, 1.82) is 0 Å². The third-order valence-corrected chi connectivity index (χ3v) is 6.79. The van der Waals surface area contributed by atoms with Crippen LogP contribution in [0.5, 0.6) is 0 Å². The number of hydrogen-bond donors (Lipinski definition) is 2. The molecular formula is C27H17F9O3S2. The van der Waals surface area contributed by atoms with Crippen LogP contribution < -0.4 is 0 Å². The van der Waals surface area contributed by atoms with Crippen LogP contribution in [0.25, 0.3) is 22.3 Å². The van der Waals surface area contributed by atoms with Gasteiger partial charge in [0.2, 0.25) is 0 Å². The highest BCUT2D eigenvalue weighted by atomic mass is 32.2. The van der Waals surface area contributed by atoms with Gasteiger partial charge in [0.25, 0.3) is 10.1 Å². The molecule has 0 heterocycles. The van der Waals surface area contributed by atoms with E-state index in [1.807, 2.05) is 0 Å². The van der Waals surface area contributed by atoms with Gasteiger partial charge in [-0.05, 0) is 71.3 Å². The summed E-state index contributed by atoms with van der Waals surface area (Å²) < 4.78 is 142. The van der Waals surface area contributed by atoms with Crippen molar-refractivity contribution in [3.8, 4) is 22.3 Å². The predicted molar refractivity (Wildman–Crippen MR) is 136 cm³/mol. The molecule has 1 N–H and O–H groups in total. The molecule has 0 radical (unpaired) electrons. The van der Waals surface area contributed by atoms with Crippen molar-refractivity contribution in [3.05, 3.63) is 108 Å². The van der Waals surface area contributed by atoms with E-state index in [9.17, 15) is 47.9 Å². The van der Waals surface area contributed by atoms with E-state index in [-0.39, 0.29) is 0 Å². The van der Waals surface area contributed by atoms with Crippen LogP contribution in [-0.2, 0) is 28.6 Å². The first-order valence-electron chi connectivity index (χ1n) is 11.1. The molecule has 0 amide bonds. The Morgan fingerprint density at radius 1 is 0.537 bits per heavy atom. The van der Waals surface area contributed by atoms with Gasteiger partial charge in [0.15, 0.2) is 0 Å². The summed E-state index contributed by atoms with van der Waals surface area (Å²) in [6.45, 7) is 0. The van der Waals surface area contributed by atoms with E-state index in [0.29, 0.717) is 51.4 Å². The maximum Gasteiger partial charge on any atom is 0.416 e. The minimum atomic E-state index is -4.52. The maximum absolute atomic E-state index is 12.8. The van der Waals surface area contributed by atoms with Crippen molar-refractivity contribution >= 4 is 22.7 Å². The largest absolute Gasteiger partial charge is 0.416 e. The monoisotopic (exact) mass is 624 g/mol. The minimum absolute atomic E-state index is 0.489. The van der Waals surface area contributed by atoms with E-state index >= 15 is 0 Å². The summed E-state index contributed by atoms with van der Waals surface area (Å²) >= 11 is 4.38. The first kappa shape index (κ1) is 32.0. The van der Waals surface area contributed by atoms with Crippen molar-refractivity contribution in [3.63, 3.8) is 0 Å². The predicted octanol–water partition coefficient (Wildman–Crippen LogP) is 9.30. The van der Waals surface area contributed by atoms with Gasteiger partial charge in [-0.2, -0.15) is 47.9 Å². The minimum Gasteiger partial charge on any atom is -0.282 e. The average molecular weight is 625 g/mol. The van der Waals surface area contributed by atoms with E-state index in [2.05, 4.69) is 12.6 Å². The standard InChI is InChI=1S/C20H12F6S.C7H5F3O3S/c21-19(22,23)14-8-4-12(5-9-14)16-2-1-3-17(27)18(16)13-6-10-15(11-7-13)20(24,25)26;8-7(9,10)5-1-3-6(4-2-5)14(11,12)13/h1-11,27H;1-4H,(H,11,12,13). The van der Waals surface area contributed by atoms with Crippen LogP contribution in [0.15, 0.2) is 101 Å². The highest BCUT2D eigenvalue weighted by Gasteiger charge is 2.32. The van der Waals surface area contributed by atoms with Gasteiger partial charge in [0.1, 0.15) is 0 Å². The van der Waals surface area contributed by atoms with Gasteiger partial charge in [-0.1, -0.05) is 36.4 Å². The molecule has 0 bridgehead atoms. The molecule has 0 saturated heterocycles. The van der Waals surface area contributed by atoms with E-state index < -0.39 is 50.2 Å². The van der Waals surface area contributed by atoms with E-state index in [1.165, 1.54) is 24.3 Å². The maximum atomic E-state index is 12.8. The van der Waals surface area contributed by atoms with Crippen LogP contribution >= 0.6 is 12.6 Å². The summed E-state index contributed by atoms with van der Waals surface area (Å²) in [5, 5.41) is 0. The summed E-state index contributed by atoms with van der Waals surface area (Å²) in [6.07, 6.45) is -13.4. The third-order valence-electron chi connectivity index (χ3n) is 5.55. The second-order valence-electron chi connectivity index (χ2n) is 8.35. The van der Waals surface area contributed by atoms with E-state index in [4.69, 9.17) is 4.55 Å². The zero-order valence-corrected chi connectivity index (χ0v) is 21.9. The second kappa shape index (κ2) is 11.8. The molecule has 0 aliphatic rings. The van der Waals surface area contributed by atoms with Crippen molar-refractivity contribution in [2.45, 2.75) is 28.3 Å². The summed E-state index contributed by atoms with van der Waals surface area (Å²) in [5.74, 6) is 0. The van der Waals surface area contributed by atoms with Crippen molar-refractivity contribution < 1.29 is 52.5 Å². The number of alkyl halides is 9. The Morgan fingerprint density at radius 3 is 1.27 bits per heavy atom. The lowest BCUT2D eigenvalue weighted by molar-refractivity contribution is -0.138. The van der Waals surface area contributed by atoms with Crippen LogP contribution in [0, 0.1) is 0 Å². The van der Waals surface area contributed by atoms with Crippen LogP contribution in [-0.4, -0.2) is 13.0 Å². The Morgan fingerprint density at radius 2 is 0.902 bits per heavy atom. The quantitative estimate of drug-likeness (QED) is 0.136. The van der Waals surface area contributed by atoms with Gasteiger partial charge in [-0.15, -0.1) is 12.6 Å². The number of hydrogen-bond acceptors (Lipinski definition) is 3. The fourth-order valence-electron chi connectivity index (χ4n) is 3.56. The van der Waals surface area contributed by atoms with Gasteiger partial charge in [0.05, 0.1) is 21.6 Å². The second-order valence-corrected chi connectivity index (χ2v) is 10.3. The number of thiol groups is 1. The zero-order valence-electron chi connectivity index (χ0n) is 20.2. The SMILES string of the molecule is FC(F)(F)c1ccc(-c2cccc(S)c2-c2ccc(C(F)(F)F)cc2)cc1.O=S(=O)(O)c1ccc(C(F)(F)F)cc1. The van der Waals surface area contributed by atoms with Crippen LogP contribution in [0.4, 0.5) is 39.5 Å². The highest BCUT2D eigenvalue weighted by molar-refractivity contribution is 7.85. The molecule has 41 heavy (non-hydrogen) atoms. The molecule has 14 heteroatoms. The Kier molecular flexibility index (Phi) is 9.20. The number of halogens is 9. The molecule has 0 fully saturated rings. The summed E-state index contributed by atoms with van der Waals surface area (Å²) in [6, 6.07) is 16.8. The molecule has 4 aromatic rings. The molecule has 0 saturated carbocycles. The molecule has 0 aliphatic carbocycles. The normalized spacial score (nSPS) is 12.5. The van der Waals surface area contributed by atoms with Crippen LogP contribution in [0.2, 0.25) is 0 Å². The lowest BCUT2D eigenvalue weighted by Crippen LogP contribution is -2.05. The number of benzene rings is 4. The molecule has 0 unspecified atom stereocenters. The van der Waals surface area contributed by atoms with Crippen molar-refractivity contribution in [1.82, 2.24) is 0 Å². The van der Waals surface area contributed by atoms with Gasteiger partial charge < -0.3 is 0 Å². The average Bonchev–Trinajstić information content (AvgIpc) is 2.87. The number of rotatable bonds is 3. The molecule has 4 rings (SSSR count). The topological polar surface area (TPSA) is 54.4 Å². The van der Waals surface area contributed by atoms with Gasteiger partial charge in [-0.3, -0.25) is 4.55 Å². The molecule has 0 aliphatic heterocycles. The fraction of sp³-hybridized carbons (Fsp3) is 0.111. The molecule has 218 valence electrons. The van der Waals surface area contributed by atoms with Crippen LogP contribution in [0.1, 0.15) is 16.7 Å². The Labute approximate surface area is 233 Å². The summed E-state index contributed by atoms with van der Waals surface area (Å²) in [5.41, 5.74) is -0.393. The molecule has 0 atom stereocenters. The van der Waals surface area contributed by atoms with E-state index in [0.717, 1.165) is 24.3 Å². The summed E-state index contributed by atoms with van der Waals surface area (Å²) in [4.78, 5) is -0.0577. The van der Waals surface area contributed by atoms with Gasteiger partial charge >= 0.3 is 18.5 Å². The Hall–Kier alpha value is -3.49. The fourth-order valence-corrected chi connectivity index (χ4v) is 4.38. The van der Waals surface area contributed by atoms with Crippen molar-refractivity contribution in [2.75, 3.05) is 0 Å². The lowest BCUT2D eigenvalue weighted by Gasteiger charge is -2.15. The Bertz CT molecular complexity index is 1590.